The highest BCUT2D eigenvalue weighted by atomic mass is 32.2. The fourth-order valence-corrected chi connectivity index (χ4v) is 6.16. The maximum atomic E-state index is 15.4. The number of hydrogen-bond donors (Lipinski definition) is 3. The van der Waals surface area contributed by atoms with Crippen molar-refractivity contribution in [3.63, 3.8) is 0 Å². The molecule has 2 heterocycles. The van der Waals surface area contributed by atoms with Crippen molar-refractivity contribution in [1.82, 2.24) is 19.4 Å². The van der Waals surface area contributed by atoms with Crippen molar-refractivity contribution in [3.05, 3.63) is 110 Å². The van der Waals surface area contributed by atoms with E-state index in [2.05, 4.69) is 15.6 Å². The Balaban J connectivity index is 1.56. The third-order valence-corrected chi connectivity index (χ3v) is 9.71. The fraction of sp³-hybridized carbons (Fsp3) is 0.351. The van der Waals surface area contributed by atoms with Gasteiger partial charge in [0.15, 0.2) is 0 Å². The van der Waals surface area contributed by atoms with E-state index in [0.29, 0.717) is 41.8 Å². The summed E-state index contributed by atoms with van der Waals surface area (Å²) in [6, 6.07) is 7.46. The number of aryl methyl sites for hydroxylation is 2. The van der Waals surface area contributed by atoms with Gasteiger partial charge in [-0.1, -0.05) is 40.7 Å². The lowest BCUT2D eigenvalue weighted by molar-refractivity contribution is -0.151. The molecular formula is C37H42F2N6O8S. The average molecular weight is 769 g/mol. The van der Waals surface area contributed by atoms with Crippen molar-refractivity contribution < 1.29 is 36.3 Å². The number of hydrogen-bond acceptors (Lipinski definition) is 9. The predicted molar refractivity (Wildman–Crippen MR) is 197 cm³/mol. The third kappa shape index (κ3) is 9.63. The van der Waals surface area contributed by atoms with E-state index in [0.717, 1.165) is 4.57 Å². The number of carbonyl (C=O) groups excluding carboxylic acids is 3. The second-order valence-electron chi connectivity index (χ2n) is 13.6. The van der Waals surface area contributed by atoms with Crippen LogP contribution in [0.3, 0.4) is 0 Å². The van der Waals surface area contributed by atoms with Gasteiger partial charge in [0.2, 0.25) is 5.91 Å². The lowest BCUT2D eigenvalue weighted by Gasteiger charge is -2.22. The summed E-state index contributed by atoms with van der Waals surface area (Å²) < 4.78 is 66.3. The molecule has 0 bridgehead atoms. The molecule has 14 nitrogen and oxygen atoms in total. The molecular weight excluding hydrogens is 727 g/mol. The molecule has 0 radical (unpaired) electrons. The molecule has 0 aliphatic rings. The van der Waals surface area contributed by atoms with Crippen LogP contribution in [0, 0.1) is 24.0 Å². The van der Waals surface area contributed by atoms with Crippen molar-refractivity contribution in [2.75, 3.05) is 10.0 Å². The number of nitrogens with one attached hydrogen (secondary N) is 3. The summed E-state index contributed by atoms with van der Waals surface area (Å²) in [5.41, 5.74) is -2.51. The highest BCUT2D eigenvalue weighted by molar-refractivity contribution is 7.92. The maximum absolute atomic E-state index is 15.4. The molecule has 0 fully saturated rings. The Kier molecular flexibility index (Phi) is 12.6. The summed E-state index contributed by atoms with van der Waals surface area (Å²) in [5.74, 6) is -4.92. The van der Waals surface area contributed by atoms with Crippen LogP contribution in [0.15, 0.2) is 75.4 Å². The summed E-state index contributed by atoms with van der Waals surface area (Å²) in [7, 11) is -2.96. The highest BCUT2D eigenvalue weighted by Crippen LogP contribution is 2.25. The Hall–Kier alpha value is -5.71. The number of carbonyl (C=O) groups is 3. The molecule has 2 aromatic heterocycles. The number of anilines is 2. The smallest absolute Gasteiger partial charge is 0.336 e. The predicted octanol–water partition coefficient (Wildman–Crippen LogP) is 4.38. The van der Waals surface area contributed by atoms with Crippen molar-refractivity contribution in [2.24, 2.45) is 12.5 Å². The number of amides is 2. The van der Waals surface area contributed by atoms with E-state index in [1.165, 1.54) is 60.4 Å². The lowest BCUT2D eigenvalue weighted by Crippen LogP contribution is -2.44. The number of nitrogens with zero attached hydrogens (tertiary/aromatic N) is 3. The largest absolute Gasteiger partial charge is 0.461 e. The monoisotopic (exact) mass is 768 g/mol. The number of sulfonamides is 1. The number of benzene rings is 2. The molecule has 288 valence electrons. The van der Waals surface area contributed by atoms with Crippen LogP contribution in [0.2, 0.25) is 0 Å². The molecule has 0 aliphatic carbocycles. The van der Waals surface area contributed by atoms with E-state index in [1.54, 1.807) is 41.5 Å². The zero-order valence-electron chi connectivity index (χ0n) is 30.8. The van der Waals surface area contributed by atoms with E-state index in [9.17, 15) is 32.4 Å². The summed E-state index contributed by atoms with van der Waals surface area (Å²) in [5, 5.41) is 5.03. The van der Waals surface area contributed by atoms with Gasteiger partial charge in [-0.05, 0) is 61.7 Å². The fourth-order valence-electron chi connectivity index (χ4n) is 5.10. The van der Waals surface area contributed by atoms with Gasteiger partial charge in [0.05, 0.1) is 16.1 Å². The van der Waals surface area contributed by atoms with Gasteiger partial charge in [-0.3, -0.25) is 19.1 Å². The Bertz CT molecular complexity index is 2250. The third-order valence-electron chi connectivity index (χ3n) is 8.33. The van der Waals surface area contributed by atoms with E-state index in [-0.39, 0.29) is 23.0 Å². The first-order valence-corrected chi connectivity index (χ1v) is 18.4. The van der Waals surface area contributed by atoms with Gasteiger partial charge >= 0.3 is 11.7 Å². The molecule has 1 atom stereocenters. The molecule has 4 aromatic rings. The normalized spacial score (nSPS) is 12.3. The molecule has 0 saturated heterocycles. The summed E-state index contributed by atoms with van der Waals surface area (Å²) in [4.78, 5) is 68.1. The minimum atomic E-state index is -4.45. The van der Waals surface area contributed by atoms with Crippen molar-refractivity contribution >= 4 is 39.2 Å². The zero-order chi connectivity index (χ0) is 40.1. The lowest BCUT2D eigenvalue weighted by atomic mass is 9.95. The SMILES string of the molecule is CCC(CC)OC(=O)[C@H](Cc1ccc(-n2c(=O)c(C)cn(C)c2=O)nc1)NC(=O)c1cc(F)c(NS(=O)(=O)c2ccc(NC(=O)C(C)(C)C)cc2)cc1F. The Morgan fingerprint density at radius 2 is 1.61 bits per heavy atom. The average Bonchev–Trinajstić information content (AvgIpc) is 3.11. The zero-order valence-corrected chi connectivity index (χ0v) is 31.6. The molecule has 2 aromatic carbocycles. The van der Waals surface area contributed by atoms with Crippen molar-refractivity contribution in [2.45, 2.75) is 77.8 Å². The summed E-state index contributed by atoms with van der Waals surface area (Å²) in [6.07, 6.45) is 2.90. The van der Waals surface area contributed by atoms with E-state index < -0.39 is 73.6 Å². The number of halogens is 2. The minimum Gasteiger partial charge on any atom is -0.461 e. The first kappa shape index (κ1) is 41.1. The quantitative estimate of drug-likeness (QED) is 0.166. The van der Waals surface area contributed by atoms with Gasteiger partial charge in [0.1, 0.15) is 29.6 Å². The van der Waals surface area contributed by atoms with Gasteiger partial charge in [0, 0.05) is 48.6 Å². The maximum Gasteiger partial charge on any atom is 0.336 e. The highest BCUT2D eigenvalue weighted by Gasteiger charge is 2.28. The topological polar surface area (TPSA) is 188 Å². The Labute approximate surface area is 310 Å². The molecule has 3 N–H and O–H groups in total. The minimum absolute atomic E-state index is 0.0168. The van der Waals surface area contributed by atoms with Crippen LogP contribution in [0.4, 0.5) is 20.2 Å². The Morgan fingerprint density at radius 3 is 2.19 bits per heavy atom. The van der Waals surface area contributed by atoms with Crippen LogP contribution < -0.4 is 26.6 Å². The van der Waals surface area contributed by atoms with Gasteiger partial charge in [-0.15, -0.1) is 0 Å². The molecule has 54 heavy (non-hydrogen) atoms. The first-order valence-electron chi connectivity index (χ1n) is 16.9. The molecule has 2 amide bonds. The van der Waals surface area contributed by atoms with Crippen LogP contribution in [-0.2, 0) is 37.8 Å². The number of rotatable bonds is 13. The molecule has 0 spiro atoms. The molecule has 0 aliphatic heterocycles. The van der Waals surface area contributed by atoms with Gasteiger partial charge in [-0.2, -0.15) is 0 Å². The summed E-state index contributed by atoms with van der Waals surface area (Å²) in [6.45, 7) is 10.3. The van der Waals surface area contributed by atoms with Gasteiger partial charge < -0.3 is 19.9 Å². The van der Waals surface area contributed by atoms with Crippen LogP contribution in [0.25, 0.3) is 5.82 Å². The molecule has 4 rings (SSSR count). The van der Waals surface area contributed by atoms with Crippen LogP contribution in [0.5, 0.6) is 0 Å². The number of ether oxygens (including phenoxy) is 1. The van der Waals surface area contributed by atoms with Crippen LogP contribution in [0.1, 0.15) is 68.9 Å². The van der Waals surface area contributed by atoms with Crippen molar-refractivity contribution in [3.8, 4) is 5.82 Å². The first-order chi connectivity index (χ1) is 25.2. The standard InChI is InChI=1S/C37H42F2N6O8S/c1-8-24(9-2)53-34(48)30(16-22-10-15-31(40-19-22)45-33(47)21(3)20-44(7)36(45)50)42-32(46)26-17-28(39)29(18-27(26)38)43-54(51,52)25-13-11-23(12-14-25)41-35(49)37(4,5)6/h10-15,17-20,24,30,43H,8-9,16H2,1-7H3,(H,41,49)(H,42,46)/t30-/m0/s1. The van der Waals surface area contributed by atoms with Crippen LogP contribution >= 0.6 is 0 Å². The van der Waals surface area contributed by atoms with E-state index in [4.69, 9.17) is 4.74 Å². The molecule has 17 heteroatoms. The van der Waals surface area contributed by atoms with E-state index in [1.807, 2.05) is 4.72 Å². The number of esters is 1. The summed E-state index contributed by atoms with van der Waals surface area (Å²) >= 11 is 0. The van der Waals surface area contributed by atoms with Crippen molar-refractivity contribution in [1.29, 1.82) is 0 Å². The van der Waals surface area contributed by atoms with Crippen LogP contribution in [-0.4, -0.2) is 52.5 Å². The number of aromatic nitrogens is 3. The Morgan fingerprint density at radius 1 is 0.963 bits per heavy atom. The molecule has 0 unspecified atom stereocenters. The van der Waals surface area contributed by atoms with Gasteiger partial charge in [-0.25, -0.2) is 36.3 Å². The van der Waals surface area contributed by atoms with Gasteiger partial charge in [0.25, 0.3) is 21.5 Å². The second-order valence-corrected chi connectivity index (χ2v) is 15.3. The number of pyridine rings is 1. The molecule has 0 saturated carbocycles. The van der Waals surface area contributed by atoms with E-state index >= 15 is 8.78 Å². The second kappa shape index (κ2) is 16.5.